The molecule has 1 fully saturated rings. The van der Waals surface area contributed by atoms with Gasteiger partial charge in [-0.2, -0.15) is 5.26 Å². The van der Waals surface area contributed by atoms with Crippen LogP contribution in [0.15, 0.2) is 30.3 Å². The number of hydrogen-bond donors (Lipinski definition) is 0. The van der Waals surface area contributed by atoms with Gasteiger partial charge in [0.2, 0.25) is 5.91 Å². The molecule has 4 nitrogen and oxygen atoms in total. The average Bonchev–Trinajstić information content (AvgIpc) is 2.56. The molecule has 1 aliphatic heterocycles. The van der Waals surface area contributed by atoms with Crippen LogP contribution in [-0.4, -0.2) is 25.7 Å². The van der Waals surface area contributed by atoms with Crippen molar-refractivity contribution in [2.75, 3.05) is 24.7 Å². The minimum absolute atomic E-state index is 0.0760. The van der Waals surface area contributed by atoms with Crippen LogP contribution >= 0.6 is 0 Å². The van der Waals surface area contributed by atoms with Gasteiger partial charge in [0, 0.05) is 25.4 Å². The largest absolute Gasteiger partial charge is 0.381 e. The number of para-hydroxylation sites is 1. The van der Waals surface area contributed by atoms with Crippen LogP contribution in [0.3, 0.4) is 0 Å². The van der Waals surface area contributed by atoms with E-state index in [0.29, 0.717) is 32.6 Å². The van der Waals surface area contributed by atoms with E-state index in [1.165, 1.54) is 0 Å². The summed E-state index contributed by atoms with van der Waals surface area (Å²) in [4.78, 5) is 14.8. The molecule has 0 saturated carbocycles. The molecule has 0 bridgehead atoms. The minimum atomic E-state index is -0.929. The molecule has 0 N–H and O–H groups in total. The average molecular weight is 286 g/mol. The van der Waals surface area contributed by atoms with Crippen molar-refractivity contribution < 1.29 is 9.53 Å². The smallest absolute Gasteiger partial charge is 0.247 e. The third-order valence-electron chi connectivity index (χ3n) is 4.02. The molecule has 0 atom stereocenters. The van der Waals surface area contributed by atoms with Gasteiger partial charge in [0.15, 0.2) is 0 Å². The van der Waals surface area contributed by atoms with Gasteiger partial charge >= 0.3 is 0 Å². The SMILES string of the molecule is CCCCN(C(=O)C1(C#N)CCOCC1)c1ccccc1. The lowest BCUT2D eigenvalue weighted by Gasteiger charge is -2.35. The fraction of sp³-hybridized carbons (Fsp3) is 0.529. The van der Waals surface area contributed by atoms with Crippen LogP contribution in [0.4, 0.5) is 5.69 Å². The van der Waals surface area contributed by atoms with Crippen LogP contribution < -0.4 is 4.90 Å². The maximum Gasteiger partial charge on any atom is 0.247 e. The Morgan fingerprint density at radius 3 is 2.57 bits per heavy atom. The number of amides is 1. The zero-order chi connectivity index (χ0) is 15.1. The van der Waals surface area contributed by atoms with Gasteiger partial charge in [0.25, 0.3) is 0 Å². The van der Waals surface area contributed by atoms with Crippen molar-refractivity contribution in [2.24, 2.45) is 5.41 Å². The van der Waals surface area contributed by atoms with Crippen LogP contribution in [0.2, 0.25) is 0 Å². The molecule has 0 aliphatic carbocycles. The molecular formula is C17H22N2O2. The van der Waals surface area contributed by atoms with E-state index in [1.54, 1.807) is 4.90 Å². The molecule has 1 amide bonds. The highest BCUT2D eigenvalue weighted by Gasteiger charge is 2.43. The first-order valence-corrected chi connectivity index (χ1v) is 7.59. The summed E-state index contributed by atoms with van der Waals surface area (Å²) in [5.74, 6) is -0.0760. The highest BCUT2D eigenvalue weighted by atomic mass is 16.5. The second kappa shape index (κ2) is 7.24. The Morgan fingerprint density at radius 2 is 2.00 bits per heavy atom. The molecule has 4 heteroatoms. The highest BCUT2D eigenvalue weighted by Crippen LogP contribution is 2.33. The van der Waals surface area contributed by atoms with E-state index in [2.05, 4.69) is 13.0 Å². The van der Waals surface area contributed by atoms with E-state index in [4.69, 9.17) is 4.74 Å². The van der Waals surface area contributed by atoms with E-state index in [1.807, 2.05) is 30.3 Å². The molecule has 0 spiro atoms. The summed E-state index contributed by atoms with van der Waals surface area (Å²) in [6.07, 6.45) is 2.91. The molecule has 0 aromatic heterocycles. The second-order valence-corrected chi connectivity index (χ2v) is 5.45. The Morgan fingerprint density at radius 1 is 1.33 bits per heavy atom. The quantitative estimate of drug-likeness (QED) is 0.835. The third kappa shape index (κ3) is 3.43. The zero-order valence-electron chi connectivity index (χ0n) is 12.5. The van der Waals surface area contributed by atoms with Gasteiger partial charge in [0.1, 0.15) is 5.41 Å². The highest BCUT2D eigenvalue weighted by molar-refractivity contribution is 5.99. The number of unbranched alkanes of at least 4 members (excludes halogenated alkanes) is 1. The molecule has 112 valence electrons. The Labute approximate surface area is 126 Å². The van der Waals surface area contributed by atoms with E-state index in [0.717, 1.165) is 18.5 Å². The maximum absolute atomic E-state index is 13.0. The lowest BCUT2D eigenvalue weighted by Crippen LogP contribution is -2.46. The lowest BCUT2D eigenvalue weighted by atomic mass is 9.80. The predicted molar refractivity (Wildman–Crippen MR) is 81.8 cm³/mol. The number of hydrogen-bond acceptors (Lipinski definition) is 3. The number of ether oxygens (including phenoxy) is 1. The summed E-state index contributed by atoms with van der Waals surface area (Å²) in [6.45, 7) is 3.72. The molecular weight excluding hydrogens is 264 g/mol. The lowest BCUT2D eigenvalue weighted by molar-refractivity contribution is -0.129. The first-order chi connectivity index (χ1) is 10.2. The Balaban J connectivity index is 2.27. The predicted octanol–water partition coefficient (Wildman–Crippen LogP) is 3.14. The van der Waals surface area contributed by atoms with E-state index < -0.39 is 5.41 Å². The minimum Gasteiger partial charge on any atom is -0.381 e. The zero-order valence-corrected chi connectivity index (χ0v) is 12.5. The number of benzene rings is 1. The van der Waals surface area contributed by atoms with E-state index in [9.17, 15) is 10.1 Å². The molecule has 1 aromatic rings. The maximum atomic E-state index is 13.0. The fourth-order valence-corrected chi connectivity index (χ4v) is 2.62. The van der Waals surface area contributed by atoms with Crippen molar-refractivity contribution in [3.05, 3.63) is 30.3 Å². The van der Waals surface area contributed by atoms with Gasteiger partial charge in [-0.15, -0.1) is 0 Å². The normalized spacial score (nSPS) is 17.0. The van der Waals surface area contributed by atoms with Crippen LogP contribution in [0.5, 0.6) is 0 Å². The standard InChI is InChI=1S/C17H22N2O2/c1-2-3-11-19(15-7-5-4-6-8-15)16(20)17(14-18)9-12-21-13-10-17/h4-8H,2-3,9-13H2,1H3. The van der Waals surface area contributed by atoms with Gasteiger partial charge in [-0.05, 0) is 31.4 Å². The molecule has 1 aromatic carbocycles. The molecule has 21 heavy (non-hydrogen) atoms. The summed E-state index contributed by atoms with van der Waals surface area (Å²) in [5.41, 5.74) is -0.0565. The number of rotatable bonds is 5. The van der Waals surface area contributed by atoms with Gasteiger partial charge in [0.05, 0.1) is 6.07 Å². The molecule has 2 rings (SSSR count). The number of nitriles is 1. The number of anilines is 1. The Hall–Kier alpha value is -1.86. The van der Waals surface area contributed by atoms with Crippen LogP contribution in [-0.2, 0) is 9.53 Å². The van der Waals surface area contributed by atoms with Crippen molar-refractivity contribution >= 4 is 11.6 Å². The van der Waals surface area contributed by atoms with Crippen LogP contribution in [0.25, 0.3) is 0 Å². The summed E-state index contributed by atoms with van der Waals surface area (Å²) in [7, 11) is 0. The van der Waals surface area contributed by atoms with Gasteiger partial charge < -0.3 is 9.64 Å². The number of carbonyl (C=O) groups excluding carboxylic acids is 1. The molecule has 1 aliphatic rings. The summed E-state index contributed by atoms with van der Waals surface area (Å²) in [5, 5.41) is 9.58. The Kier molecular flexibility index (Phi) is 5.35. The van der Waals surface area contributed by atoms with Crippen molar-refractivity contribution in [1.29, 1.82) is 5.26 Å². The van der Waals surface area contributed by atoms with Crippen molar-refractivity contribution in [2.45, 2.75) is 32.6 Å². The van der Waals surface area contributed by atoms with Gasteiger partial charge in [-0.25, -0.2) is 0 Å². The van der Waals surface area contributed by atoms with Gasteiger partial charge in [-0.3, -0.25) is 4.79 Å². The van der Waals surface area contributed by atoms with Crippen molar-refractivity contribution in [3.8, 4) is 6.07 Å². The molecule has 0 radical (unpaired) electrons. The molecule has 0 unspecified atom stereocenters. The summed E-state index contributed by atoms with van der Waals surface area (Å²) >= 11 is 0. The van der Waals surface area contributed by atoms with Gasteiger partial charge in [-0.1, -0.05) is 31.5 Å². The first-order valence-electron chi connectivity index (χ1n) is 7.59. The van der Waals surface area contributed by atoms with Crippen LogP contribution in [0, 0.1) is 16.7 Å². The third-order valence-corrected chi connectivity index (χ3v) is 4.02. The second-order valence-electron chi connectivity index (χ2n) is 5.45. The molecule has 1 saturated heterocycles. The summed E-state index contributed by atoms with van der Waals surface area (Å²) in [6, 6.07) is 11.9. The number of carbonyl (C=O) groups is 1. The van der Waals surface area contributed by atoms with Crippen LogP contribution in [0.1, 0.15) is 32.6 Å². The van der Waals surface area contributed by atoms with E-state index >= 15 is 0 Å². The van der Waals surface area contributed by atoms with E-state index in [-0.39, 0.29) is 5.91 Å². The summed E-state index contributed by atoms with van der Waals surface area (Å²) < 4.78 is 5.32. The topological polar surface area (TPSA) is 53.3 Å². The number of nitrogens with zero attached hydrogens (tertiary/aromatic N) is 2. The Bertz CT molecular complexity index is 501. The van der Waals surface area contributed by atoms with Crippen molar-refractivity contribution in [1.82, 2.24) is 0 Å². The fourth-order valence-electron chi connectivity index (χ4n) is 2.62. The molecule has 1 heterocycles. The first kappa shape index (κ1) is 15.5. The monoisotopic (exact) mass is 286 g/mol. The van der Waals surface area contributed by atoms with Crippen molar-refractivity contribution in [3.63, 3.8) is 0 Å².